The first kappa shape index (κ1) is 30.3. The maximum atomic E-state index is 11.9. The van der Waals surface area contributed by atoms with Crippen molar-refractivity contribution in [3.8, 4) is 11.3 Å². The van der Waals surface area contributed by atoms with Crippen LogP contribution in [0, 0.1) is 0 Å². The standard InChI is InChI=1S/C32H38N2O6S/c1-7-34(6)22-13-15-24-21(18-29(31(2,3)4)40-27(24)19-22)10-8-11-28-32(5,17-9-12-30(35)36)25-20-23(41(37,38)39)14-16-26(25)33-28/h8,10-11,13-16,18-20H,7,9,12,17H2,1-6H3,(H2,35,36,37,38,39)/p+1. The number of nitrogens with one attached hydrogen (secondary N) is 1. The number of carboxylic acid groups (broad SMARTS) is 1. The number of allylic oxidation sites excluding steroid dienone is 3. The van der Waals surface area contributed by atoms with Gasteiger partial charge in [0.05, 0.1) is 11.0 Å². The topological polar surface area (TPSA) is 120 Å². The van der Waals surface area contributed by atoms with Crippen LogP contribution in [-0.4, -0.2) is 37.6 Å². The molecule has 0 saturated heterocycles. The minimum absolute atomic E-state index is 0.00365. The lowest BCUT2D eigenvalue weighted by molar-refractivity contribution is -0.137. The van der Waals surface area contributed by atoms with Gasteiger partial charge in [0.25, 0.3) is 10.1 Å². The van der Waals surface area contributed by atoms with Gasteiger partial charge in [-0.05, 0) is 74.2 Å². The first-order chi connectivity index (χ1) is 19.1. The summed E-state index contributed by atoms with van der Waals surface area (Å²) >= 11 is 0. The molecule has 0 aromatic heterocycles. The summed E-state index contributed by atoms with van der Waals surface area (Å²) in [5, 5.41) is 13.7. The third-order valence-electron chi connectivity index (χ3n) is 7.79. The fourth-order valence-electron chi connectivity index (χ4n) is 5.14. The molecule has 4 rings (SSSR count). The summed E-state index contributed by atoms with van der Waals surface area (Å²) in [6, 6.07) is 12.7. The van der Waals surface area contributed by atoms with Gasteiger partial charge < -0.3 is 14.8 Å². The van der Waals surface area contributed by atoms with Gasteiger partial charge in [0.1, 0.15) is 25.1 Å². The van der Waals surface area contributed by atoms with Crippen molar-refractivity contribution >= 4 is 27.9 Å². The molecule has 41 heavy (non-hydrogen) atoms. The molecule has 9 heteroatoms. The predicted molar refractivity (Wildman–Crippen MR) is 162 cm³/mol. The van der Waals surface area contributed by atoms with Crippen molar-refractivity contribution in [3.63, 3.8) is 0 Å². The normalized spacial score (nSPS) is 19.0. The monoisotopic (exact) mass is 579 g/mol. The molecule has 0 saturated carbocycles. The Morgan fingerprint density at radius 1 is 1.15 bits per heavy atom. The number of hydrogen-bond acceptors (Lipinski definition) is 5. The zero-order valence-electron chi connectivity index (χ0n) is 24.5. The van der Waals surface area contributed by atoms with Gasteiger partial charge in [0.15, 0.2) is 0 Å². The van der Waals surface area contributed by atoms with Crippen molar-refractivity contribution < 1.29 is 27.3 Å². The van der Waals surface area contributed by atoms with Gasteiger partial charge in [-0.25, -0.2) is 4.58 Å². The quantitative estimate of drug-likeness (QED) is 0.225. The highest BCUT2D eigenvalue weighted by atomic mass is 32.2. The fourth-order valence-corrected chi connectivity index (χ4v) is 5.65. The number of benzene rings is 2. The van der Waals surface area contributed by atoms with Gasteiger partial charge in [-0.1, -0.05) is 32.9 Å². The SMILES string of the molecule is CC[N+](C)=c1ccc2c(C=CC=C3Nc4ccc(S(=O)(=O)O)cc4C3(C)CCCC(=O)O)cc(C(C)(C)C)oc-2c1. The third kappa shape index (κ3) is 6.47. The van der Waals surface area contributed by atoms with Crippen LogP contribution in [0.1, 0.15) is 70.8 Å². The number of rotatable bonds is 8. The van der Waals surface area contributed by atoms with Crippen LogP contribution in [-0.2, 0) is 25.7 Å². The first-order valence-electron chi connectivity index (χ1n) is 13.8. The molecule has 2 aliphatic heterocycles. The second-order valence-electron chi connectivity index (χ2n) is 11.8. The molecule has 1 aliphatic carbocycles. The molecule has 3 N–H and O–H groups in total. The second kappa shape index (κ2) is 11.3. The summed E-state index contributed by atoms with van der Waals surface area (Å²) in [7, 11) is -2.35. The Labute approximate surface area is 241 Å². The van der Waals surface area contributed by atoms with E-state index < -0.39 is 21.5 Å². The number of carbonyl (C=O) groups is 1. The summed E-state index contributed by atoms with van der Waals surface area (Å²) in [4.78, 5) is 11.0. The van der Waals surface area contributed by atoms with E-state index in [4.69, 9.17) is 4.42 Å². The summed E-state index contributed by atoms with van der Waals surface area (Å²) in [5.74, 6) is 0.766. The first-order valence-corrected chi connectivity index (χ1v) is 15.2. The van der Waals surface area contributed by atoms with Crippen LogP contribution in [0.4, 0.5) is 5.69 Å². The number of fused-ring (bicyclic) bond motifs is 2. The fraction of sp³-hybridized carbons (Fsp3) is 0.375. The number of aliphatic carboxylic acids is 1. The Balaban J connectivity index is 1.79. The van der Waals surface area contributed by atoms with E-state index in [1.807, 2.05) is 32.2 Å². The lowest BCUT2D eigenvalue weighted by Crippen LogP contribution is -2.25. The van der Waals surface area contributed by atoms with E-state index in [1.54, 1.807) is 6.07 Å². The average Bonchev–Trinajstić information content (AvgIpc) is 3.17. The molecule has 1 unspecified atom stereocenters. The van der Waals surface area contributed by atoms with Gasteiger partial charge in [0, 0.05) is 40.3 Å². The molecule has 8 nitrogen and oxygen atoms in total. The number of nitrogens with zero attached hydrogens (tertiary/aromatic N) is 1. The van der Waals surface area contributed by atoms with E-state index in [0.717, 1.165) is 45.9 Å². The van der Waals surface area contributed by atoms with Crippen molar-refractivity contribution in [1.82, 2.24) is 4.58 Å². The third-order valence-corrected chi connectivity index (χ3v) is 8.64. The van der Waals surface area contributed by atoms with Gasteiger partial charge in [0.2, 0.25) is 5.36 Å². The molecule has 2 heterocycles. The van der Waals surface area contributed by atoms with E-state index >= 15 is 0 Å². The maximum absolute atomic E-state index is 11.9. The van der Waals surface area contributed by atoms with Crippen molar-refractivity contribution in [2.75, 3.05) is 18.9 Å². The van der Waals surface area contributed by atoms with Gasteiger partial charge in [-0.15, -0.1) is 0 Å². The smallest absolute Gasteiger partial charge is 0.303 e. The largest absolute Gasteiger partial charge is 0.481 e. The molecule has 3 aliphatic rings. The van der Waals surface area contributed by atoms with Crippen molar-refractivity contribution in [1.29, 1.82) is 0 Å². The van der Waals surface area contributed by atoms with E-state index in [2.05, 4.69) is 61.9 Å². The van der Waals surface area contributed by atoms with Crippen LogP contribution in [0.25, 0.3) is 17.4 Å². The molecule has 1 atom stereocenters. The summed E-state index contributed by atoms with van der Waals surface area (Å²) < 4.78 is 41.9. The highest BCUT2D eigenvalue weighted by Gasteiger charge is 2.39. The maximum Gasteiger partial charge on any atom is 0.303 e. The van der Waals surface area contributed by atoms with E-state index in [1.165, 1.54) is 12.1 Å². The lowest BCUT2D eigenvalue weighted by Gasteiger charge is -2.26. The number of anilines is 1. The molecular formula is C32H39N2O6S+. The molecule has 0 fully saturated rings. The van der Waals surface area contributed by atoms with Crippen LogP contribution >= 0.6 is 0 Å². The molecule has 1 aromatic carbocycles. The molecule has 0 spiro atoms. The van der Waals surface area contributed by atoms with Crippen molar-refractivity contribution in [3.05, 3.63) is 82.6 Å². The molecule has 0 radical (unpaired) electrons. The molecule has 0 amide bonds. The van der Waals surface area contributed by atoms with Gasteiger partial charge >= 0.3 is 5.97 Å². The summed E-state index contributed by atoms with van der Waals surface area (Å²) in [6.45, 7) is 11.3. The van der Waals surface area contributed by atoms with Crippen molar-refractivity contribution in [2.45, 2.75) is 69.6 Å². The van der Waals surface area contributed by atoms with Gasteiger partial charge in [-0.2, -0.15) is 8.42 Å². The van der Waals surface area contributed by atoms with Crippen molar-refractivity contribution in [2.24, 2.45) is 0 Å². The Kier molecular flexibility index (Phi) is 8.34. The number of carboxylic acids is 1. The van der Waals surface area contributed by atoms with E-state index in [-0.39, 0.29) is 16.7 Å². The lowest BCUT2D eigenvalue weighted by atomic mass is 9.77. The zero-order chi connectivity index (χ0) is 30.2. The van der Waals surface area contributed by atoms with Gasteiger partial charge in [-0.3, -0.25) is 9.35 Å². The highest BCUT2D eigenvalue weighted by Crippen LogP contribution is 2.47. The predicted octanol–water partition coefficient (Wildman–Crippen LogP) is 5.89. The Bertz CT molecular complexity index is 1690. The van der Waals surface area contributed by atoms with Crippen LogP contribution in [0.2, 0.25) is 0 Å². The summed E-state index contributed by atoms with van der Waals surface area (Å²) in [6.07, 6.45) is 6.79. The average molecular weight is 580 g/mol. The van der Waals surface area contributed by atoms with Crippen LogP contribution in [0.3, 0.4) is 0 Å². The second-order valence-corrected chi connectivity index (χ2v) is 13.3. The van der Waals surface area contributed by atoms with E-state index in [9.17, 15) is 22.9 Å². The molecule has 218 valence electrons. The zero-order valence-corrected chi connectivity index (χ0v) is 25.3. The Morgan fingerprint density at radius 2 is 1.88 bits per heavy atom. The Morgan fingerprint density at radius 3 is 2.51 bits per heavy atom. The van der Waals surface area contributed by atoms with Crippen LogP contribution in [0.5, 0.6) is 0 Å². The van der Waals surface area contributed by atoms with E-state index in [0.29, 0.717) is 18.4 Å². The Hall–Kier alpha value is -3.69. The highest BCUT2D eigenvalue weighted by molar-refractivity contribution is 7.85. The van der Waals surface area contributed by atoms with Crippen LogP contribution < -0.4 is 15.2 Å². The molecule has 1 aromatic rings. The minimum Gasteiger partial charge on any atom is -0.481 e. The number of hydrogen-bond donors (Lipinski definition) is 3. The van der Waals surface area contributed by atoms with Crippen LogP contribution in [0.15, 0.2) is 69.6 Å². The molecule has 0 bridgehead atoms. The minimum atomic E-state index is -4.39. The molecular weight excluding hydrogens is 540 g/mol. The summed E-state index contributed by atoms with van der Waals surface area (Å²) in [5.41, 5.74) is 3.32.